The van der Waals surface area contributed by atoms with Gasteiger partial charge in [0, 0.05) is 11.1 Å². The monoisotopic (exact) mass is 260 g/mol. The average molecular weight is 260 g/mol. The predicted molar refractivity (Wildman–Crippen MR) is 68.8 cm³/mol. The molecule has 1 aliphatic carbocycles. The number of aliphatic carboxylic acids is 1. The van der Waals surface area contributed by atoms with Gasteiger partial charge in [-0.1, -0.05) is 6.07 Å². The lowest BCUT2D eigenvalue weighted by Crippen LogP contribution is -2.08. The second-order valence-corrected chi connectivity index (χ2v) is 5.56. The topological polar surface area (TPSA) is 63.1 Å². The largest absolute Gasteiger partial charge is 0.481 e. The molecule has 1 aliphatic rings. The Hall–Kier alpha value is -1.75. The lowest BCUT2D eigenvalue weighted by Gasteiger charge is -2.01. The fourth-order valence-corrected chi connectivity index (χ4v) is 3.29. The zero-order valence-corrected chi connectivity index (χ0v) is 10.7. The highest BCUT2D eigenvalue weighted by Gasteiger charge is 2.32. The van der Waals surface area contributed by atoms with Gasteiger partial charge in [0.25, 0.3) is 0 Å². The van der Waals surface area contributed by atoms with Gasteiger partial charge in [-0.15, -0.1) is 11.3 Å². The number of fused-ring (bicyclic) bond motifs is 1. The van der Waals surface area contributed by atoms with Crippen molar-refractivity contribution in [3.8, 4) is 10.7 Å². The van der Waals surface area contributed by atoms with E-state index in [2.05, 4.69) is 9.97 Å². The van der Waals surface area contributed by atoms with Gasteiger partial charge in [0.2, 0.25) is 0 Å². The lowest BCUT2D eigenvalue weighted by atomic mass is 10.1. The smallest absolute Gasteiger partial charge is 0.312 e. The van der Waals surface area contributed by atoms with E-state index >= 15 is 0 Å². The van der Waals surface area contributed by atoms with Crippen LogP contribution in [0.5, 0.6) is 0 Å². The van der Waals surface area contributed by atoms with Gasteiger partial charge >= 0.3 is 5.97 Å². The summed E-state index contributed by atoms with van der Waals surface area (Å²) in [5, 5.41) is 9.95. The average Bonchev–Trinajstić information content (AvgIpc) is 2.88. The molecule has 18 heavy (non-hydrogen) atoms. The van der Waals surface area contributed by atoms with E-state index < -0.39 is 11.9 Å². The van der Waals surface area contributed by atoms with Crippen LogP contribution in [0.4, 0.5) is 0 Å². The summed E-state index contributed by atoms with van der Waals surface area (Å²) in [4.78, 5) is 21.0. The number of rotatable bonds is 2. The second kappa shape index (κ2) is 4.17. The Balaban J connectivity index is 1.99. The third kappa shape index (κ3) is 1.80. The van der Waals surface area contributed by atoms with Gasteiger partial charge in [-0.25, -0.2) is 4.98 Å². The van der Waals surface area contributed by atoms with E-state index in [-0.39, 0.29) is 0 Å². The van der Waals surface area contributed by atoms with Gasteiger partial charge in [0.1, 0.15) is 10.9 Å². The van der Waals surface area contributed by atoms with Crippen molar-refractivity contribution in [2.24, 2.45) is 0 Å². The third-order valence-electron chi connectivity index (χ3n) is 3.15. The molecule has 92 valence electrons. The van der Waals surface area contributed by atoms with Gasteiger partial charge in [-0.3, -0.25) is 9.78 Å². The van der Waals surface area contributed by atoms with Crippen LogP contribution in [0.3, 0.4) is 0 Å². The molecule has 3 rings (SSSR count). The van der Waals surface area contributed by atoms with Crippen molar-refractivity contribution in [1.82, 2.24) is 9.97 Å². The Morgan fingerprint density at radius 3 is 3.00 bits per heavy atom. The Kier molecular flexibility index (Phi) is 2.63. The second-order valence-electron chi connectivity index (χ2n) is 4.48. The summed E-state index contributed by atoms with van der Waals surface area (Å²) in [6.07, 6.45) is 3.29. The first-order chi connectivity index (χ1) is 8.65. The normalized spacial score (nSPS) is 17.7. The quantitative estimate of drug-likeness (QED) is 0.901. The molecular weight excluding hydrogens is 248 g/mol. The summed E-state index contributed by atoms with van der Waals surface area (Å²) in [7, 11) is 0. The first-order valence-electron chi connectivity index (χ1n) is 5.80. The van der Waals surface area contributed by atoms with Crippen LogP contribution < -0.4 is 0 Å². The lowest BCUT2D eigenvalue weighted by molar-refractivity contribution is -0.138. The van der Waals surface area contributed by atoms with Crippen LogP contribution in [0.15, 0.2) is 18.3 Å². The fourth-order valence-electron chi connectivity index (χ4n) is 2.17. The summed E-state index contributed by atoms with van der Waals surface area (Å²) in [5.74, 6) is -1.21. The first kappa shape index (κ1) is 11.3. The van der Waals surface area contributed by atoms with E-state index in [1.807, 2.05) is 19.1 Å². The van der Waals surface area contributed by atoms with Crippen LogP contribution in [0.25, 0.3) is 10.7 Å². The summed E-state index contributed by atoms with van der Waals surface area (Å²) in [5.41, 5.74) is 2.67. The zero-order valence-electron chi connectivity index (χ0n) is 9.88. The van der Waals surface area contributed by atoms with Crippen LogP contribution in [-0.4, -0.2) is 21.0 Å². The minimum absolute atomic E-state index is 0.435. The van der Waals surface area contributed by atoms with E-state index in [1.54, 1.807) is 17.5 Å². The Morgan fingerprint density at radius 2 is 2.33 bits per heavy atom. The predicted octanol–water partition coefficient (Wildman–Crippen LogP) is 2.63. The first-order valence-corrected chi connectivity index (χ1v) is 6.62. The Bertz CT molecular complexity index is 604. The van der Waals surface area contributed by atoms with Crippen molar-refractivity contribution in [2.45, 2.75) is 25.7 Å². The molecular formula is C13H12N2O2S. The van der Waals surface area contributed by atoms with E-state index in [4.69, 9.17) is 5.11 Å². The summed E-state index contributed by atoms with van der Waals surface area (Å²) in [6.45, 7) is 1.99. The molecule has 2 aromatic rings. The summed E-state index contributed by atoms with van der Waals surface area (Å²) >= 11 is 1.57. The number of carboxylic acids is 1. The number of carbonyl (C=O) groups is 1. The molecule has 2 aromatic heterocycles. The molecule has 0 aromatic carbocycles. The van der Waals surface area contributed by atoms with E-state index in [0.717, 1.165) is 33.3 Å². The number of hydrogen-bond acceptors (Lipinski definition) is 4. The highest BCUT2D eigenvalue weighted by molar-refractivity contribution is 7.15. The molecule has 4 nitrogen and oxygen atoms in total. The SMILES string of the molecule is Cc1ccc(-c2nc3c(s2)CCC3C(=O)O)nc1. The highest BCUT2D eigenvalue weighted by Crippen LogP contribution is 2.39. The van der Waals surface area contributed by atoms with Gasteiger partial charge in [-0.2, -0.15) is 0 Å². The maximum atomic E-state index is 11.1. The molecule has 5 heteroatoms. The third-order valence-corrected chi connectivity index (χ3v) is 4.30. The van der Waals surface area contributed by atoms with Crippen LogP contribution in [0.2, 0.25) is 0 Å². The summed E-state index contributed by atoms with van der Waals surface area (Å²) < 4.78 is 0. The number of carboxylic acid groups (broad SMARTS) is 1. The Labute approximate surface area is 108 Å². The maximum absolute atomic E-state index is 11.1. The van der Waals surface area contributed by atoms with Crippen molar-refractivity contribution in [3.63, 3.8) is 0 Å². The number of hydrogen-bond donors (Lipinski definition) is 1. The molecule has 0 amide bonds. The van der Waals surface area contributed by atoms with E-state index in [9.17, 15) is 4.79 Å². The standard InChI is InChI=1S/C13H12N2O2S/c1-7-2-4-9(14-6-7)12-15-11-8(13(16)17)3-5-10(11)18-12/h2,4,6,8H,3,5H2,1H3,(H,16,17). The van der Waals surface area contributed by atoms with E-state index in [0.29, 0.717) is 6.42 Å². The molecule has 1 atom stereocenters. The van der Waals surface area contributed by atoms with Crippen molar-refractivity contribution < 1.29 is 9.90 Å². The number of thiazole rings is 1. The van der Waals surface area contributed by atoms with Gasteiger partial charge in [-0.05, 0) is 31.4 Å². The number of aromatic nitrogens is 2. The van der Waals surface area contributed by atoms with Crippen molar-refractivity contribution in [2.75, 3.05) is 0 Å². The molecule has 0 radical (unpaired) electrons. The molecule has 2 heterocycles. The van der Waals surface area contributed by atoms with Crippen molar-refractivity contribution in [3.05, 3.63) is 34.5 Å². The van der Waals surface area contributed by atoms with Gasteiger partial charge in [0.15, 0.2) is 0 Å². The van der Waals surface area contributed by atoms with E-state index in [1.165, 1.54) is 0 Å². The molecule has 0 aliphatic heterocycles. The number of nitrogens with zero attached hydrogens (tertiary/aromatic N) is 2. The Morgan fingerprint density at radius 1 is 1.50 bits per heavy atom. The molecule has 1 unspecified atom stereocenters. The van der Waals surface area contributed by atoms with Gasteiger partial charge < -0.3 is 5.11 Å². The number of aryl methyl sites for hydroxylation is 2. The molecule has 1 N–H and O–H groups in total. The van der Waals surface area contributed by atoms with Crippen LogP contribution in [-0.2, 0) is 11.2 Å². The molecule has 0 bridgehead atoms. The fraction of sp³-hybridized carbons (Fsp3) is 0.308. The van der Waals surface area contributed by atoms with Crippen molar-refractivity contribution in [1.29, 1.82) is 0 Å². The van der Waals surface area contributed by atoms with Crippen molar-refractivity contribution >= 4 is 17.3 Å². The molecule has 0 spiro atoms. The van der Waals surface area contributed by atoms with Crippen LogP contribution >= 0.6 is 11.3 Å². The van der Waals surface area contributed by atoms with Gasteiger partial charge in [0.05, 0.1) is 11.4 Å². The maximum Gasteiger partial charge on any atom is 0.312 e. The molecule has 0 saturated carbocycles. The van der Waals surface area contributed by atoms with Crippen LogP contribution in [0, 0.1) is 6.92 Å². The minimum atomic E-state index is -0.775. The molecule has 0 saturated heterocycles. The van der Waals surface area contributed by atoms with Crippen LogP contribution in [0.1, 0.15) is 28.5 Å². The number of pyridine rings is 1. The summed E-state index contributed by atoms with van der Waals surface area (Å²) in [6, 6.07) is 3.92. The zero-order chi connectivity index (χ0) is 12.7. The molecule has 0 fully saturated rings. The highest BCUT2D eigenvalue weighted by atomic mass is 32.1. The minimum Gasteiger partial charge on any atom is -0.481 e.